The van der Waals surface area contributed by atoms with E-state index < -0.39 is 0 Å². The standard InChI is InChI=1S/C25H25N3O/c1-19(2)21-12-6-7-13-22(21)26-25(29)17-28-18-27(16-20-10-4-3-5-11-20)23-14-8-9-15-24(23)28/h3-15,18-19H,16-17H2,1-2H3/p+1. The van der Waals surface area contributed by atoms with Crippen LogP contribution in [0.2, 0.25) is 0 Å². The van der Waals surface area contributed by atoms with Gasteiger partial charge in [-0.3, -0.25) is 4.79 Å². The maximum absolute atomic E-state index is 12.8. The summed E-state index contributed by atoms with van der Waals surface area (Å²) in [7, 11) is 0. The highest BCUT2D eigenvalue weighted by Gasteiger charge is 2.18. The smallest absolute Gasteiger partial charge is 0.266 e. The first kappa shape index (κ1) is 18.9. The van der Waals surface area contributed by atoms with Crippen LogP contribution in [0.15, 0.2) is 85.2 Å². The maximum Gasteiger partial charge on any atom is 0.266 e. The summed E-state index contributed by atoms with van der Waals surface area (Å²) >= 11 is 0. The molecule has 146 valence electrons. The van der Waals surface area contributed by atoms with Crippen molar-refractivity contribution in [2.75, 3.05) is 5.32 Å². The molecule has 4 nitrogen and oxygen atoms in total. The van der Waals surface area contributed by atoms with Gasteiger partial charge in [0.15, 0.2) is 17.6 Å². The molecule has 1 N–H and O–H groups in total. The lowest BCUT2D eigenvalue weighted by molar-refractivity contribution is -0.663. The fourth-order valence-electron chi connectivity index (χ4n) is 3.73. The average molecular weight is 385 g/mol. The summed E-state index contributed by atoms with van der Waals surface area (Å²) in [6.07, 6.45) is 2.03. The fourth-order valence-corrected chi connectivity index (χ4v) is 3.73. The molecule has 0 atom stereocenters. The number of benzene rings is 3. The lowest BCUT2D eigenvalue weighted by Crippen LogP contribution is -2.33. The predicted octanol–water partition coefficient (Wildman–Crippen LogP) is 4.74. The third kappa shape index (κ3) is 4.21. The molecule has 4 heteroatoms. The van der Waals surface area contributed by atoms with Crippen molar-refractivity contribution < 1.29 is 9.36 Å². The quantitative estimate of drug-likeness (QED) is 0.479. The molecule has 0 aliphatic rings. The number of rotatable bonds is 6. The molecule has 29 heavy (non-hydrogen) atoms. The number of hydrogen-bond donors (Lipinski definition) is 1. The van der Waals surface area contributed by atoms with E-state index in [9.17, 15) is 4.79 Å². The summed E-state index contributed by atoms with van der Waals surface area (Å²) in [5, 5.41) is 3.09. The fraction of sp³-hybridized carbons (Fsp3) is 0.200. The molecule has 4 rings (SSSR count). The van der Waals surface area contributed by atoms with Crippen LogP contribution >= 0.6 is 0 Å². The van der Waals surface area contributed by atoms with Crippen molar-refractivity contribution in [1.29, 1.82) is 0 Å². The number of amides is 1. The number of anilines is 1. The van der Waals surface area contributed by atoms with E-state index in [1.165, 1.54) is 5.56 Å². The molecule has 3 aromatic carbocycles. The zero-order chi connectivity index (χ0) is 20.2. The molecule has 0 fully saturated rings. The van der Waals surface area contributed by atoms with Gasteiger partial charge in [-0.2, -0.15) is 0 Å². The van der Waals surface area contributed by atoms with Gasteiger partial charge in [0.25, 0.3) is 5.91 Å². The summed E-state index contributed by atoms with van der Waals surface area (Å²) in [6, 6.07) is 26.6. The summed E-state index contributed by atoms with van der Waals surface area (Å²) in [4.78, 5) is 12.8. The van der Waals surface area contributed by atoms with Gasteiger partial charge in [0.05, 0.1) is 0 Å². The monoisotopic (exact) mass is 384 g/mol. The van der Waals surface area contributed by atoms with E-state index in [2.05, 4.69) is 66.2 Å². The molecule has 0 unspecified atom stereocenters. The van der Waals surface area contributed by atoms with Crippen molar-refractivity contribution >= 4 is 22.6 Å². The summed E-state index contributed by atoms with van der Waals surface area (Å²) in [6.45, 7) is 5.31. The van der Waals surface area contributed by atoms with Crippen LogP contribution in [0.4, 0.5) is 5.69 Å². The van der Waals surface area contributed by atoms with E-state index in [0.717, 1.165) is 28.8 Å². The van der Waals surface area contributed by atoms with Crippen molar-refractivity contribution in [2.24, 2.45) is 0 Å². The Morgan fingerprint density at radius 2 is 1.62 bits per heavy atom. The van der Waals surface area contributed by atoms with E-state index in [4.69, 9.17) is 0 Å². The van der Waals surface area contributed by atoms with Crippen LogP contribution in [0.25, 0.3) is 11.0 Å². The van der Waals surface area contributed by atoms with Gasteiger partial charge in [0.2, 0.25) is 6.33 Å². The Morgan fingerprint density at radius 1 is 0.931 bits per heavy atom. The minimum Gasteiger partial charge on any atom is -0.322 e. The summed E-state index contributed by atoms with van der Waals surface area (Å²) in [5.41, 5.74) is 5.44. The third-order valence-corrected chi connectivity index (χ3v) is 5.15. The first-order valence-corrected chi connectivity index (χ1v) is 10.0. The third-order valence-electron chi connectivity index (χ3n) is 5.15. The molecule has 1 aromatic heterocycles. The number of carbonyl (C=O) groups excluding carboxylic acids is 1. The molecular weight excluding hydrogens is 358 g/mol. The largest absolute Gasteiger partial charge is 0.322 e. The number of hydrogen-bond acceptors (Lipinski definition) is 1. The molecule has 0 bridgehead atoms. The Kier molecular flexibility index (Phi) is 5.43. The SMILES string of the molecule is CC(C)c1ccccc1NC(=O)Cn1c[n+](Cc2ccccc2)c2ccccc21. The molecule has 0 spiro atoms. The van der Waals surface area contributed by atoms with Crippen molar-refractivity contribution in [2.45, 2.75) is 32.9 Å². The van der Waals surface area contributed by atoms with Gasteiger partial charge >= 0.3 is 0 Å². The molecule has 0 saturated carbocycles. The highest BCUT2D eigenvalue weighted by molar-refractivity contribution is 5.92. The zero-order valence-corrected chi connectivity index (χ0v) is 16.9. The van der Waals surface area contributed by atoms with Crippen molar-refractivity contribution in [3.63, 3.8) is 0 Å². The highest BCUT2D eigenvalue weighted by Crippen LogP contribution is 2.23. The van der Waals surface area contributed by atoms with E-state index in [-0.39, 0.29) is 12.5 Å². The topological polar surface area (TPSA) is 37.9 Å². The van der Waals surface area contributed by atoms with Gasteiger partial charge in [-0.15, -0.1) is 0 Å². The molecule has 0 radical (unpaired) electrons. The van der Waals surface area contributed by atoms with Gasteiger partial charge in [0.1, 0.15) is 6.54 Å². The Hall–Kier alpha value is -3.40. The van der Waals surface area contributed by atoms with Gasteiger partial charge < -0.3 is 5.32 Å². The second-order valence-electron chi connectivity index (χ2n) is 7.64. The molecule has 0 saturated heterocycles. The number of imidazole rings is 1. The Balaban J connectivity index is 1.59. The Labute approximate surface area is 171 Å². The lowest BCUT2D eigenvalue weighted by atomic mass is 10.0. The second-order valence-corrected chi connectivity index (χ2v) is 7.64. The van der Waals surface area contributed by atoms with Crippen molar-refractivity contribution in [1.82, 2.24) is 4.57 Å². The minimum absolute atomic E-state index is 0.0225. The van der Waals surface area contributed by atoms with Crippen molar-refractivity contribution in [3.05, 3.63) is 96.3 Å². The predicted molar refractivity (Wildman–Crippen MR) is 117 cm³/mol. The minimum atomic E-state index is -0.0225. The highest BCUT2D eigenvalue weighted by atomic mass is 16.1. The number of aromatic nitrogens is 2. The number of fused-ring (bicyclic) bond motifs is 1. The van der Waals surface area contributed by atoms with E-state index in [1.54, 1.807) is 0 Å². The Morgan fingerprint density at radius 3 is 2.41 bits per heavy atom. The van der Waals surface area contributed by atoms with E-state index >= 15 is 0 Å². The van der Waals surface area contributed by atoms with Gasteiger partial charge in [-0.05, 0) is 35.2 Å². The first-order valence-electron chi connectivity index (χ1n) is 10.0. The van der Waals surface area contributed by atoms with Crippen LogP contribution in [-0.4, -0.2) is 10.5 Å². The number of para-hydroxylation sites is 3. The maximum atomic E-state index is 12.8. The summed E-state index contributed by atoms with van der Waals surface area (Å²) in [5.74, 6) is 0.331. The first-order chi connectivity index (χ1) is 14.1. The van der Waals surface area contributed by atoms with Crippen LogP contribution < -0.4 is 9.88 Å². The van der Waals surface area contributed by atoms with Crippen molar-refractivity contribution in [3.8, 4) is 0 Å². The van der Waals surface area contributed by atoms with Crippen LogP contribution in [0.1, 0.15) is 30.9 Å². The number of carbonyl (C=O) groups is 1. The van der Waals surface area contributed by atoms with E-state index in [0.29, 0.717) is 5.92 Å². The molecule has 4 aromatic rings. The molecule has 0 aliphatic heterocycles. The van der Waals surface area contributed by atoms with E-state index in [1.807, 2.05) is 47.3 Å². The Bertz CT molecular complexity index is 1130. The van der Waals surface area contributed by atoms with Crippen LogP contribution in [-0.2, 0) is 17.9 Å². The normalized spacial score (nSPS) is 11.1. The van der Waals surface area contributed by atoms with Gasteiger partial charge in [-0.25, -0.2) is 9.13 Å². The number of nitrogens with one attached hydrogen (secondary N) is 1. The zero-order valence-electron chi connectivity index (χ0n) is 16.9. The summed E-state index contributed by atoms with van der Waals surface area (Å²) < 4.78 is 4.21. The molecular formula is C25H26N3O+. The van der Waals surface area contributed by atoms with Crippen LogP contribution in [0.5, 0.6) is 0 Å². The van der Waals surface area contributed by atoms with Gasteiger partial charge in [0, 0.05) is 5.69 Å². The lowest BCUT2D eigenvalue weighted by Gasteiger charge is -2.13. The second kappa shape index (κ2) is 8.31. The molecule has 1 amide bonds. The van der Waals surface area contributed by atoms with Gasteiger partial charge in [-0.1, -0.05) is 74.5 Å². The molecule has 0 aliphatic carbocycles. The average Bonchev–Trinajstić information content (AvgIpc) is 3.06. The number of nitrogens with zero attached hydrogens (tertiary/aromatic N) is 2. The van der Waals surface area contributed by atoms with Crippen LogP contribution in [0.3, 0.4) is 0 Å². The van der Waals surface area contributed by atoms with Crippen LogP contribution in [0, 0.1) is 0 Å². The molecule has 1 heterocycles.